The van der Waals surface area contributed by atoms with Gasteiger partial charge in [-0.25, -0.2) is 4.98 Å². The number of aliphatic imine (C=N–C) groups is 1. The molecule has 20 heteroatoms. The predicted octanol–water partition coefficient (Wildman–Crippen LogP) is 0.245. The lowest BCUT2D eigenvalue weighted by molar-refractivity contribution is -0.135. The van der Waals surface area contributed by atoms with Crippen molar-refractivity contribution in [2.75, 3.05) is 13.1 Å². The Morgan fingerprint density at radius 1 is 0.708 bits per heavy atom. The first-order chi connectivity index (χ1) is 31.3. The van der Waals surface area contributed by atoms with E-state index >= 15 is 0 Å². The molecule has 1 saturated heterocycles. The van der Waals surface area contributed by atoms with Gasteiger partial charge in [0.15, 0.2) is 5.96 Å². The van der Waals surface area contributed by atoms with Gasteiger partial charge in [0.05, 0.1) is 6.33 Å². The van der Waals surface area contributed by atoms with E-state index in [4.69, 9.17) is 17.2 Å². The second-order valence-corrected chi connectivity index (χ2v) is 15.9. The van der Waals surface area contributed by atoms with Crippen molar-refractivity contribution >= 4 is 69.0 Å². The van der Waals surface area contributed by atoms with Gasteiger partial charge in [-0.05, 0) is 66.1 Å². The molecular formula is C45H55N13O7. The number of fused-ring (bicyclic) bond motifs is 2. The van der Waals surface area contributed by atoms with E-state index in [1.54, 1.807) is 24.4 Å². The summed E-state index contributed by atoms with van der Waals surface area (Å²) >= 11 is 0. The lowest BCUT2D eigenvalue weighted by atomic mass is 9.99. The summed E-state index contributed by atoms with van der Waals surface area (Å²) in [5.41, 5.74) is 19.2. The molecule has 0 bridgehead atoms. The van der Waals surface area contributed by atoms with Crippen molar-refractivity contribution in [3.63, 3.8) is 0 Å². The van der Waals surface area contributed by atoms with E-state index in [-0.39, 0.29) is 64.0 Å². The van der Waals surface area contributed by atoms with Gasteiger partial charge < -0.3 is 59.1 Å². The molecule has 342 valence electrons. The lowest BCUT2D eigenvalue weighted by Gasteiger charge is -2.27. The number of H-pyrrole nitrogens is 2. The normalized spacial score (nSPS) is 21.3. The Bertz CT molecular complexity index is 2520. The number of nitrogens with two attached hydrogens (primary N) is 3. The van der Waals surface area contributed by atoms with E-state index in [2.05, 4.69) is 51.8 Å². The number of para-hydroxylation sites is 1. The number of aromatic nitrogens is 3. The minimum atomic E-state index is -1.42. The van der Waals surface area contributed by atoms with Crippen LogP contribution in [0.4, 0.5) is 0 Å². The molecule has 1 fully saturated rings. The summed E-state index contributed by atoms with van der Waals surface area (Å²) in [6.07, 6.45) is 5.26. The summed E-state index contributed by atoms with van der Waals surface area (Å²) in [5.74, 6) is -4.95. The molecule has 14 N–H and O–H groups in total. The highest BCUT2D eigenvalue weighted by Crippen LogP contribution is 2.23. The fraction of sp³-hybridized carbons (Fsp3) is 0.356. The predicted molar refractivity (Wildman–Crippen MR) is 242 cm³/mol. The van der Waals surface area contributed by atoms with E-state index in [9.17, 15) is 33.6 Å². The maximum Gasteiger partial charge on any atom is 0.247 e. The molecule has 7 amide bonds. The number of hydrogen-bond acceptors (Lipinski definition) is 9. The van der Waals surface area contributed by atoms with Crippen LogP contribution in [-0.2, 0) is 46.4 Å². The molecule has 20 nitrogen and oxygen atoms in total. The fourth-order valence-corrected chi connectivity index (χ4v) is 7.63. The molecule has 65 heavy (non-hydrogen) atoms. The number of aromatic amines is 2. The number of carbonyl (C=O) groups excluding carboxylic acids is 7. The molecule has 0 aliphatic carbocycles. The molecule has 0 saturated carbocycles. The zero-order valence-corrected chi connectivity index (χ0v) is 35.7. The summed E-state index contributed by atoms with van der Waals surface area (Å²) < 4.78 is 0. The Morgan fingerprint density at radius 2 is 1.42 bits per heavy atom. The van der Waals surface area contributed by atoms with Gasteiger partial charge in [0.1, 0.15) is 30.2 Å². The third-order valence-corrected chi connectivity index (χ3v) is 11.1. The number of guanidine groups is 1. The van der Waals surface area contributed by atoms with Crippen LogP contribution in [0.1, 0.15) is 67.8 Å². The van der Waals surface area contributed by atoms with E-state index in [1.165, 1.54) is 12.5 Å². The molecule has 2 aromatic heterocycles. The third kappa shape index (κ3) is 13.4. The molecular weight excluding hydrogens is 835 g/mol. The number of nitrogens with zero attached hydrogens (tertiary/aromatic N) is 2. The van der Waals surface area contributed by atoms with Gasteiger partial charge in [0.25, 0.3) is 0 Å². The van der Waals surface area contributed by atoms with Crippen LogP contribution in [0.3, 0.4) is 0 Å². The van der Waals surface area contributed by atoms with E-state index in [0.717, 1.165) is 21.7 Å². The smallest absolute Gasteiger partial charge is 0.247 e. The quantitative estimate of drug-likeness (QED) is 0.0516. The molecule has 5 aromatic rings. The Kier molecular flexibility index (Phi) is 16.2. The molecule has 1 aliphatic heterocycles. The third-order valence-electron chi connectivity index (χ3n) is 11.1. The Morgan fingerprint density at radius 3 is 2.18 bits per heavy atom. The van der Waals surface area contributed by atoms with Gasteiger partial charge in [-0.2, -0.15) is 0 Å². The van der Waals surface area contributed by atoms with Crippen molar-refractivity contribution in [2.24, 2.45) is 22.2 Å². The van der Waals surface area contributed by atoms with Crippen LogP contribution >= 0.6 is 0 Å². The molecule has 5 atom stereocenters. The average molecular weight is 890 g/mol. The van der Waals surface area contributed by atoms with Gasteiger partial charge in [0.2, 0.25) is 41.4 Å². The van der Waals surface area contributed by atoms with Crippen LogP contribution < -0.4 is 49.1 Å². The first kappa shape index (κ1) is 46.7. The number of rotatable bonds is 10. The van der Waals surface area contributed by atoms with Crippen LogP contribution in [0.2, 0.25) is 0 Å². The SMILES string of the molecule is NC(=O)[C@@H]1CCCCNC(=O)CCC(=O)N[C@@H](Cc2cnc[nH]2)C(=O)NC(c2ccc3ccccc3c2)C(=O)NC(CCCN=C(N)N)C(=O)NC(Cc2c[nH]c3ccccc23)C(=O)N1. The molecule has 0 spiro atoms. The summed E-state index contributed by atoms with van der Waals surface area (Å²) in [6.45, 7) is 0.314. The minimum absolute atomic E-state index is 0.0106. The average Bonchev–Trinajstić information content (AvgIpc) is 3.96. The van der Waals surface area contributed by atoms with Gasteiger partial charge in [-0.15, -0.1) is 0 Å². The molecule has 3 aromatic carbocycles. The Hall–Kier alpha value is -7.77. The topological polar surface area (TPSA) is 327 Å². The summed E-state index contributed by atoms with van der Waals surface area (Å²) in [7, 11) is 0. The second-order valence-electron chi connectivity index (χ2n) is 15.9. The van der Waals surface area contributed by atoms with Gasteiger partial charge in [-0.1, -0.05) is 54.6 Å². The van der Waals surface area contributed by atoms with E-state index in [1.807, 2.05) is 48.5 Å². The van der Waals surface area contributed by atoms with Crippen molar-refractivity contribution in [3.8, 4) is 0 Å². The van der Waals surface area contributed by atoms with E-state index < -0.39 is 71.6 Å². The lowest BCUT2D eigenvalue weighted by Crippen LogP contribution is -2.58. The van der Waals surface area contributed by atoms with Crippen molar-refractivity contribution in [3.05, 3.63) is 102 Å². The van der Waals surface area contributed by atoms with Crippen molar-refractivity contribution < 1.29 is 33.6 Å². The molecule has 3 unspecified atom stereocenters. The van der Waals surface area contributed by atoms with Crippen LogP contribution in [0.25, 0.3) is 21.7 Å². The highest BCUT2D eigenvalue weighted by Gasteiger charge is 2.34. The highest BCUT2D eigenvalue weighted by molar-refractivity contribution is 5.98. The zero-order chi connectivity index (χ0) is 46.3. The standard InChI is InChI=1S/C45H55N13O7/c46-40(61)33-12-5-6-18-50-37(59)16-17-38(60)54-36(22-30-24-49-25-53-30)43(64)58-39(28-15-14-26-8-1-2-9-27(26)20-28)44(65)56-34(13-7-19-51-45(47)48)41(62)57-35(42(63)55-33)21-29-23-52-32-11-4-3-10-31(29)32/h1-4,8-11,14-15,20,23-25,33-36,39,52H,5-7,12-13,16-19,21-22H2,(H2,46,61)(H,49,53)(H,50,59)(H,54,60)(H,55,63)(H,56,65)(H,57,62)(H,58,64)(H4,47,48,51)/t33-,34?,35?,36-,39?/m0/s1. The van der Waals surface area contributed by atoms with Crippen LogP contribution in [0.5, 0.6) is 0 Å². The molecule has 3 heterocycles. The van der Waals surface area contributed by atoms with Crippen LogP contribution in [-0.4, -0.2) is 99.5 Å². The van der Waals surface area contributed by atoms with Crippen molar-refractivity contribution in [2.45, 2.75) is 88.0 Å². The maximum atomic E-state index is 14.7. The first-order valence-corrected chi connectivity index (χ1v) is 21.5. The minimum Gasteiger partial charge on any atom is -0.370 e. The molecule has 0 radical (unpaired) electrons. The van der Waals surface area contributed by atoms with Crippen LogP contribution in [0.15, 0.2) is 90.4 Å². The highest BCUT2D eigenvalue weighted by atomic mass is 16.2. The number of nitrogens with one attached hydrogen (secondary N) is 8. The number of benzene rings is 3. The fourth-order valence-electron chi connectivity index (χ4n) is 7.63. The molecule has 6 rings (SSSR count). The number of amides is 7. The van der Waals surface area contributed by atoms with Crippen molar-refractivity contribution in [1.82, 2.24) is 46.9 Å². The van der Waals surface area contributed by atoms with Gasteiger partial charge in [-0.3, -0.25) is 38.6 Å². The monoisotopic (exact) mass is 889 g/mol. The second kappa shape index (κ2) is 22.5. The largest absolute Gasteiger partial charge is 0.370 e. The van der Waals surface area contributed by atoms with Crippen molar-refractivity contribution in [1.29, 1.82) is 0 Å². The van der Waals surface area contributed by atoms with Gasteiger partial charge >= 0.3 is 0 Å². The summed E-state index contributed by atoms with van der Waals surface area (Å²) in [6, 6.07) is 13.7. The Labute approximate surface area is 374 Å². The number of primary amides is 1. The Balaban J connectivity index is 1.37. The zero-order valence-electron chi connectivity index (χ0n) is 35.7. The maximum absolute atomic E-state index is 14.7. The number of hydrogen-bond donors (Lipinski definition) is 11. The number of imidazole rings is 1. The first-order valence-electron chi connectivity index (χ1n) is 21.5. The van der Waals surface area contributed by atoms with Gasteiger partial charge in [0, 0.05) is 67.8 Å². The van der Waals surface area contributed by atoms with Crippen LogP contribution in [0, 0.1) is 0 Å². The molecule has 1 aliphatic rings. The number of carbonyl (C=O) groups is 7. The summed E-state index contributed by atoms with van der Waals surface area (Å²) in [4.78, 5) is 111. The van der Waals surface area contributed by atoms with E-state index in [0.29, 0.717) is 29.7 Å². The summed E-state index contributed by atoms with van der Waals surface area (Å²) in [5, 5.41) is 19.0.